The van der Waals surface area contributed by atoms with E-state index in [-0.39, 0.29) is 17.0 Å². The average Bonchev–Trinajstić information content (AvgIpc) is 1.80. The Morgan fingerprint density at radius 2 is 1.58 bits per heavy atom. The van der Waals surface area contributed by atoms with Crippen LogP contribution < -0.4 is 5.32 Å². The summed E-state index contributed by atoms with van der Waals surface area (Å²) in [6.07, 6.45) is 1.93. The van der Waals surface area contributed by atoms with Crippen molar-refractivity contribution in [3.8, 4) is 6.07 Å². The number of nitrogens with zero attached hydrogens (tertiary/aromatic N) is 1. The minimum absolute atomic E-state index is 0.113. The maximum Gasteiger partial charge on any atom is 0.0657 e. The van der Waals surface area contributed by atoms with Crippen LogP contribution in [0.1, 0.15) is 40.5 Å². The van der Waals surface area contributed by atoms with Crippen molar-refractivity contribution >= 4 is 0 Å². The zero-order valence-corrected chi connectivity index (χ0v) is 8.44. The van der Waals surface area contributed by atoms with Gasteiger partial charge in [0.2, 0.25) is 0 Å². The second-order valence-electron chi connectivity index (χ2n) is 5.13. The molecule has 68 valence electrons. The van der Waals surface area contributed by atoms with Crippen LogP contribution in [0.2, 0.25) is 0 Å². The quantitative estimate of drug-likeness (QED) is 0.598. The lowest BCUT2D eigenvalue weighted by atomic mass is 9.77. The number of rotatable bonds is 0. The highest BCUT2D eigenvalue weighted by atomic mass is 15.0. The van der Waals surface area contributed by atoms with E-state index >= 15 is 0 Å². The number of nitrogens with one attached hydrogen (secondary N) is 1. The number of piperidine rings is 1. The lowest BCUT2D eigenvalue weighted by Crippen LogP contribution is -2.57. The fourth-order valence-electron chi connectivity index (χ4n) is 2.41. The van der Waals surface area contributed by atoms with Crippen molar-refractivity contribution in [3.05, 3.63) is 0 Å². The van der Waals surface area contributed by atoms with Gasteiger partial charge in [0.25, 0.3) is 0 Å². The fraction of sp³-hybridized carbons (Fsp3) is 0.900. The minimum Gasteiger partial charge on any atom is -0.307 e. The highest BCUT2D eigenvalue weighted by Crippen LogP contribution is 2.31. The zero-order valence-electron chi connectivity index (χ0n) is 8.44. The maximum atomic E-state index is 8.88. The summed E-state index contributed by atoms with van der Waals surface area (Å²) in [5.74, 6) is 0.219. The first-order valence-corrected chi connectivity index (χ1v) is 4.54. The number of hydrogen-bond acceptors (Lipinski definition) is 2. The van der Waals surface area contributed by atoms with Crippen molar-refractivity contribution in [1.29, 1.82) is 5.26 Å². The van der Waals surface area contributed by atoms with E-state index in [1.165, 1.54) is 0 Å². The SMILES string of the molecule is CC1(C)CC(C#N)CC(C)(C)N1. The Bertz CT molecular complexity index is 194. The second-order valence-corrected chi connectivity index (χ2v) is 5.13. The highest BCUT2D eigenvalue weighted by molar-refractivity contribution is 5.02. The smallest absolute Gasteiger partial charge is 0.0657 e. The monoisotopic (exact) mass is 166 g/mol. The third kappa shape index (κ3) is 2.22. The third-order valence-corrected chi connectivity index (χ3v) is 2.37. The largest absolute Gasteiger partial charge is 0.307 e. The summed E-state index contributed by atoms with van der Waals surface area (Å²) in [6.45, 7) is 8.66. The normalized spacial score (nSPS) is 27.9. The van der Waals surface area contributed by atoms with E-state index in [4.69, 9.17) is 5.26 Å². The third-order valence-electron chi connectivity index (χ3n) is 2.37. The molecule has 2 heteroatoms. The van der Waals surface area contributed by atoms with Crippen LogP contribution in [0.4, 0.5) is 0 Å². The molecule has 1 N–H and O–H groups in total. The van der Waals surface area contributed by atoms with Crippen LogP contribution in [0.25, 0.3) is 0 Å². The Kier molecular flexibility index (Phi) is 2.18. The Labute approximate surface area is 75.0 Å². The van der Waals surface area contributed by atoms with Gasteiger partial charge in [0.1, 0.15) is 0 Å². The summed E-state index contributed by atoms with van der Waals surface area (Å²) in [5.41, 5.74) is 0.226. The molecule has 0 spiro atoms. The lowest BCUT2D eigenvalue weighted by molar-refractivity contribution is 0.153. The average molecular weight is 166 g/mol. The Morgan fingerprint density at radius 1 is 1.17 bits per heavy atom. The molecule has 0 aromatic carbocycles. The van der Waals surface area contributed by atoms with Crippen molar-refractivity contribution in [1.82, 2.24) is 5.32 Å². The molecule has 0 unspecified atom stereocenters. The van der Waals surface area contributed by atoms with Crippen molar-refractivity contribution in [2.24, 2.45) is 5.92 Å². The molecule has 0 aromatic heterocycles. The number of nitriles is 1. The lowest BCUT2D eigenvalue weighted by Gasteiger charge is -2.44. The molecule has 0 aromatic rings. The Morgan fingerprint density at radius 3 is 1.92 bits per heavy atom. The van der Waals surface area contributed by atoms with Crippen LogP contribution in [0.3, 0.4) is 0 Å². The van der Waals surface area contributed by atoms with E-state index in [2.05, 4.69) is 39.1 Å². The van der Waals surface area contributed by atoms with Gasteiger partial charge in [-0.2, -0.15) is 5.26 Å². The van der Waals surface area contributed by atoms with Crippen molar-refractivity contribution in [3.63, 3.8) is 0 Å². The van der Waals surface area contributed by atoms with Gasteiger partial charge < -0.3 is 5.32 Å². The van der Waals surface area contributed by atoms with Gasteiger partial charge in [-0.1, -0.05) is 0 Å². The topological polar surface area (TPSA) is 35.8 Å². The Hall–Kier alpha value is -0.550. The van der Waals surface area contributed by atoms with Crippen LogP contribution in [0, 0.1) is 17.2 Å². The molecule has 2 nitrogen and oxygen atoms in total. The second kappa shape index (κ2) is 2.74. The fourth-order valence-corrected chi connectivity index (χ4v) is 2.41. The van der Waals surface area contributed by atoms with Crippen LogP contribution in [-0.2, 0) is 0 Å². The summed E-state index contributed by atoms with van der Waals surface area (Å²) < 4.78 is 0. The molecule has 1 fully saturated rings. The molecular formula is C10H18N2. The number of hydrogen-bond donors (Lipinski definition) is 1. The first-order valence-electron chi connectivity index (χ1n) is 4.54. The van der Waals surface area contributed by atoms with Crippen LogP contribution in [-0.4, -0.2) is 11.1 Å². The maximum absolute atomic E-state index is 8.88. The van der Waals surface area contributed by atoms with Crippen LogP contribution in [0.15, 0.2) is 0 Å². The standard InChI is InChI=1S/C10H18N2/c1-9(2)5-8(7-11)6-10(3,4)12-9/h8,12H,5-6H2,1-4H3. The minimum atomic E-state index is 0.113. The first kappa shape index (κ1) is 9.54. The van der Waals surface area contributed by atoms with Crippen molar-refractivity contribution in [2.75, 3.05) is 0 Å². The first-order chi connectivity index (χ1) is 5.35. The zero-order chi connectivity index (χ0) is 9.41. The van der Waals surface area contributed by atoms with Gasteiger partial charge in [-0.15, -0.1) is 0 Å². The molecule has 0 atom stereocenters. The molecular weight excluding hydrogens is 148 g/mol. The van der Waals surface area contributed by atoms with E-state index in [0.29, 0.717) is 0 Å². The van der Waals surface area contributed by atoms with Gasteiger partial charge in [0.05, 0.1) is 6.07 Å². The van der Waals surface area contributed by atoms with E-state index < -0.39 is 0 Å². The summed E-state index contributed by atoms with van der Waals surface area (Å²) in [5, 5.41) is 12.4. The summed E-state index contributed by atoms with van der Waals surface area (Å²) in [7, 11) is 0. The molecule has 1 aliphatic heterocycles. The van der Waals surface area contributed by atoms with E-state index in [1.54, 1.807) is 0 Å². The van der Waals surface area contributed by atoms with Gasteiger partial charge >= 0.3 is 0 Å². The molecule has 0 aliphatic carbocycles. The highest BCUT2D eigenvalue weighted by Gasteiger charge is 2.37. The van der Waals surface area contributed by atoms with Crippen molar-refractivity contribution < 1.29 is 0 Å². The summed E-state index contributed by atoms with van der Waals surface area (Å²) >= 11 is 0. The van der Waals surface area contributed by atoms with Gasteiger partial charge in [0.15, 0.2) is 0 Å². The molecule has 0 saturated carbocycles. The molecule has 1 rings (SSSR count). The van der Waals surface area contributed by atoms with Crippen molar-refractivity contribution in [2.45, 2.75) is 51.6 Å². The molecule has 0 radical (unpaired) electrons. The molecule has 1 saturated heterocycles. The van der Waals surface area contributed by atoms with E-state index in [1.807, 2.05) is 0 Å². The molecule has 0 bridgehead atoms. The van der Waals surface area contributed by atoms with Crippen LogP contribution in [0.5, 0.6) is 0 Å². The summed E-state index contributed by atoms with van der Waals surface area (Å²) in [6, 6.07) is 2.38. The molecule has 1 heterocycles. The molecule has 1 aliphatic rings. The van der Waals surface area contributed by atoms with Gasteiger partial charge in [-0.3, -0.25) is 0 Å². The summed E-state index contributed by atoms with van der Waals surface area (Å²) in [4.78, 5) is 0. The van der Waals surface area contributed by atoms with Gasteiger partial charge in [-0.25, -0.2) is 0 Å². The van der Waals surface area contributed by atoms with Crippen LogP contribution >= 0.6 is 0 Å². The predicted molar refractivity (Wildman–Crippen MR) is 49.6 cm³/mol. The predicted octanol–water partition coefficient (Wildman–Crippen LogP) is 2.07. The molecule has 0 amide bonds. The Balaban J connectivity index is 2.75. The van der Waals surface area contributed by atoms with E-state index in [0.717, 1.165) is 12.8 Å². The van der Waals surface area contributed by atoms with Gasteiger partial charge in [-0.05, 0) is 40.5 Å². The van der Waals surface area contributed by atoms with Gasteiger partial charge in [0, 0.05) is 17.0 Å². The van der Waals surface area contributed by atoms with E-state index in [9.17, 15) is 0 Å². The molecule has 12 heavy (non-hydrogen) atoms.